The number of carbonyl (C=O) groups excluding carboxylic acids is 1. The standard InChI is InChI=1S/C26H36O5/c1-7-18(3)11-9-10-12-23(27)31-22-14-13-21-15-26(29-8-2)25(28,19(4)16-30-26)17-24(21,6)20(22)5/h9-15,18,20,22,28H,4,7-8,16-17H2,1-3,5-6H3. The highest BCUT2D eigenvalue weighted by atomic mass is 16.7. The molecular weight excluding hydrogens is 392 g/mol. The lowest BCUT2D eigenvalue weighted by Crippen LogP contribution is -2.60. The van der Waals surface area contributed by atoms with Crippen molar-refractivity contribution in [3.05, 3.63) is 60.3 Å². The van der Waals surface area contributed by atoms with Crippen molar-refractivity contribution < 1.29 is 24.1 Å². The van der Waals surface area contributed by atoms with Gasteiger partial charge >= 0.3 is 5.97 Å². The highest BCUT2D eigenvalue weighted by Gasteiger charge is 2.65. The molecule has 0 aromatic carbocycles. The van der Waals surface area contributed by atoms with E-state index in [2.05, 4.69) is 40.3 Å². The van der Waals surface area contributed by atoms with Crippen LogP contribution < -0.4 is 0 Å². The zero-order valence-corrected chi connectivity index (χ0v) is 19.4. The number of carbonyl (C=O) groups is 1. The molecule has 6 atom stereocenters. The fourth-order valence-electron chi connectivity index (χ4n) is 4.74. The molecule has 0 aromatic rings. The quantitative estimate of drug-likeness (QED) is 0.277. The predicted octanol–water partition coefficient (Wildman–Crippen LogP) is 4.65. The molecule has 0 spiro atoms. The van der Waals surface area contributed by atoms with Gasteiger partial charge in [0.25, 0.3) is 0 Å². The number of allylic oxidation sites excluding steroid dienone is 5. The Morgan fingerprint density at radius 1 is 1.42 bits per heavy atom. The van der Waals surface area contributed by atoms with E-state index in [1.54, 1.807) is 6.08 Å². The van der Waals surface area contributed by atoms with Gasteiger partial charge in [-0.3, -0.25) is 0 Å². The third kappa shape index (κ3) is 4.11. The van der Waals surface area contributed by atoms with Crippen LogP contribution >= 0.6 is 0 Å². The van der Waals surface area contributed by atoms with Gasteiger partial charge in [-0.1, -0.05) is 65.0 Å². The molecule has 170 valence electrons. The van der Waals surface area contributed by atoms with Crippen LogP contribution in [0.25, 0.3) is 0 Å². The van der Waals surface area contributed by atoms with Crippen molar-refractivity contribution in [3.63, 3.8) is 0 Å². The maximum atomic E-state index is 12.4. The Balaban J connectivity index is 1.81. The summed E-state index contributed by atoms with van der Waals surface area (Å²) in [6, 6.07) is 0. The second-order valence-corrected chi connectivity index (χ2v) is 9.23. The minimum absolute atomic E-state index is 0.0474. The third-order valence-corrected chi connectivity index (χ3v) is 7.25. The van der Waals surface area contributed by atoms with Gasteiger partial charge in [-0.15, -0.1) is 0 Å². The number of esters is 1. The van der Waals surface area contributed by atoms with Gasteiger partial charge in [0.05, 0.1) is 6.61 Å². The number of fused-ring (bicyclic) bond motifs is 2. The summed E-state index contributed by atoms with van der Waals surface area (Å²) >= 11 is 0. The molecule has 1 aliphatic heterocycles. The van der Waals surface area contributed by atoms with Crippen molar-refractivity contribution in [2.24, 2.45) is 17.3 Å². The Bertz CT molecular complexity index is 837. The molecule has 2 aliphatic carbocycles. The monoisotopic (exact) mass is 428 g/mol. The van der Waals surface area contributed by atoms with E-state index < -0.39 is 22.9 Å². The summed E-state index contributed by atoms with van der Waals surface area (Å²) in [5.41, 5.74) is -0.113. The average Bonchev–Trinajstić information content (AvgIpc) is 2.97. The SMILES string of the molecule is C=C1COC2(OCC)C=C3C=CC(OC(=O)C=CC=CC(C)CC)C(C)C3(C)CC12O. The molecule has 3 aliphatic rings. The molecule has 0 amide bonds. The molecule has 6 unspecified atom stereocenters. The second-order valence-electron chi connectivity index (χ2n) is 9.23. The van der Waals surface area contributed by atoms with Gasteiger partial charge in [0.2, 0.25) is 5.79 Å². The topological polar surface area (TPSA) is 65.0 Å². The first-order valence-corrected chi connectivity index (χ1v) is 11.3. The van der Waals surface area contributed by atoms with Crippen molar-refractivity contribution in [2.45, 2.75) is 65.0 Å². The molecule has 1 saturated heterocycles. The molecule has 1 fully saturated rings. The number of aliphatic hydroxyl groups is 1. The normalized spacial score (nSPS) is 38.3. The lowest BCUT2D eigenvalue weighted by Gasteiger charge is -2.53. The van der Waals surface area contributed by atoms with E-state index in [0.717, 1.165) is 12.0 Å². The smallest absolute Gasteiger partial charge is 0.331 e. The largest absolute Gasteiger partial charge is 0.455 e. The van der Waals surface area contributed by atoms with Gasteiger partial charge in [-0.25, -0.2) is 4.79 Å². The summed E-state index contributed by atoms with van der Waals surface area (Å²) < 4.78 is 17.6. The van der Waals surface area contributed by atoms with Crippen LogP contribution in [-0.2, 0) is 19.0 Å². The summed E-state index contributed by atoms with van der Waals surface area (Å²) in [5, 5.41) is 11.6. The maximum absolute atomic E-state index is 12.4. The van der Waals surface area contributed by atoms with Gasteiger partial charge < -0.3 is 19.3 Å². The summed E-state index contributed by atoms with van der Waals surface area (Å²) in [7, 11) is 0. The Morgan fingerprint density at radius 3 is 2.84 bits per heavy atom. The molecular formula is C26H36O5. The van der Waals surface area contributed by atoms with Crippen LogP contribution in [0.3, 0.4) is 0 Å². The Labute approximate surface area is 186 Å². The van der Waals surface area contributed by atoms with Crippen LogP contribution in [0.2, 0.25) is 0 Å². The molecule has 5 heteroatoms. The second kappa shape index (κ2) is 8.89. The first kappa shape index (κ1) is 23.7. The summed E-state index contributed by atoms with van der Waals surface area (Å²) in [6.07, 6.45) is 13.9. The fourth-order valence-corrected chi connectivity index (χ4v) is 4.74. The van der Waals surface area contributed by atoms with Gasteiger partial charge in [0.1, 0.15) is 11.7 Å². The maximum Gasteiger partial charge on any atom is 0.331 e. The van der Waals surface area contributed by atoms with Crippen LogP contribution in [0.5, 0.6) is 0 Å². The van der Waals surface area contributed by atoms with Gasteiger partial charge in [0.15, 0.2) is 0 Å². The average molecular weight is 429 g/mol. The molecule has 1 heterocycles. The van der Waals surface area contributed by atoms with Crippen LogP contribution in [0.4, 0.5) is 0 Å². The minimum atomic E-state index is -1.32. The molecule has 31 heavy (non-hydrogen) atoms. The first-order chi connectivity index (χ1) is 14.6. The predicted molar refractivity (Wildman–Crippen MR) is 121 cm³/mol. The summed E-state index contributed by atoms with van der Waals surface area (Å²) in [5.74, 6) is -1.17. The molecule has 0 aromatic heterocycles. The summed E-state index contributed by atoms with van der Waals surface area (Å²) in [6.45, 7) is 15.0. The lowest BCUT2D eigenvalue weighted by atomic mass is 9.56. The van der Waals surface area contributed by atoms with Crippen molar-refractivity contribution in [1.29, 1.82) is 0 Å². The zero-order valence-electron chi connectivity index (χ0n) is 19.4. The zero-order chi connectivity index (χ0) is 22.9. The van der Waals surface area contributed by atoms with E-state index in [1.807, 2.05) is 31.2 Å². The molecule has 0 bridgehead atoms. The van der Waals surface area contributed by atoms with Gasteiger partial charge in [-0.05, 0) is 42.6 Å². The van der Waals surface area contributed by atoms with Crippen LogP contribution in [0.15, 0.2) is 60.3 Å². The lowest BCUT2D eigenvalue weighted by molar-refractivity contribution is -0.259. The Morgan fingerprint density at radius 2 is 2.16 bits per heavy atom. The fraction of sp³-hybridized carbons (Fsp3) is 0.577. The molecule has 0 saturated carbocycles. The molecule has 1 N–H and O–H groups in total. The van der Waals surface area contributed by atoms with Gasteiger partial charge in [-0.2, -0.15) is 0 Å². The number of hydrogen-bond donors (Lipinski definition) is 1. The van der Waals surface area contributed by atoms with Gasteiger partial charge in [0, 0.05) is 24.0 Å². The van der Waals surface area contributed by atoms with Crippen LogP contribution in [0.1, 0.15) is 47.5 Å². The van der Waals surface area contributed by atoms with Crippen LogP contribution in [-0.4, -0.2) is 41.8 Å². The number of rotatable bonds is 7. The Hall–Kier alpha value is -1.95. The minimum Gasteiger partial charge on any atom is -0.455 e. The molecule has 5 nitrogen and oxygen atoms in total. The molecule has 3 rings (SSSR count). The van der Waals surface area contributed by atoms with Crippen LogP contribution in [0, 0.1) is 17.3 Å². The van der Waals surface area contributed by atoms with E-state index in [1.165, 1.54) is 6.08 Å². The third-order valence-electron chi connectivity index (χ3n) is 7.25. The number of ether oxygens (including phenoxy) is 3. The highest BCUT2D eigenvalue weighted by Crippen LogP contribution is 2.58. The molecule has 0 radical (unpaired) electrons. The van der Waals surface area contributed by atoms with E-state index in [0.29, 0.717) is 24.5 Å². The van der Waals surface area contributed by atoms with Crippen molar-refractivity contribution >= 4 is 5.97 Å². The van der Waals surface area contributed by atoms with Crippen molar-refractivity contribution in [3.8, 4) is 0 Å². The van der Waals surface area contributed by atoms with E-state index in [4.69, 9.17) is 14.2 Å². The van der Waals surface area contributed by atoms with E-state index in [-0.39, 0.29) is 18.5 Å². The highest BCUT2D eigenvalue weighted by molar-refractivity contribution is 5.82. The Kier molecular flexibility index (Phi) is 6.80. The van der Waals surface area contributed by atoms with E-state index in [9.17, 15) is 9.90 Å². The van der Waals surface area contributed by atoms with Crippen molar-refractivity contribution in [1.82, 2.24) is 0 Å². The van der Waals surface area contributed by atoms with Crippen molar-refractivity contribution in [2.75, 3.05) is 13.2 Å². The first-order valence-electron chi connectivity index (χ1n) is 11.3. The number of hydrogen-bond acceptors (Lipinski definition) is 5. The summed E-state index contributed by atoms with van der Waals surface area (Å²) in [4.78, 5) is 12.4. The van der Waals surface area contributed by atoms with E-state index >= 15 is 0 Å².